The van der Waals surface area contributed by atoms with Crippen LogP contribution in [0.3, 0.4) is 0 Å². The average molecular weight is 407 g/mol. The lowest BCUT2D eigenvalue weighted by atomic mass is 10.0. The Morgan fingerprint density at radius 3 is 2.64 bits per heavy atom. The first-order valence-electron chi connectivity index (χ1n) is 8.92. The van der Waals surface area contributed by atoms with Crippen LogP contribution in [0.2, 0.25) is 0 Å². The maximum absolute atomic E-state index is 12.4. The molecule has 2 rings (SSSR count). The molecule has 2 atom stereocenters. The van der Waals surface area contributed by atoms with Gasteiger partial charge in [0.2, 0.25) is 0 Å². The molecule has 1 heterocycles. The molecule has 1 aliphatic rings. The van der Waals surface area contributed by atoms with E-state index in [1.807, 2.05) is 13.0 Å². The van der Waals surface area contributed by atoms with Crippen molar-refractivity contribution in [1.29, 1.82) is 0 Å². The number of ether oxygens (including phenoxy) is 2. The summed E-state index contributed by atoms with van der Waals surface area (Å²) in [6.07, 6.45) is -0.533. The highest BCUT2D eigenvalue weighted by atomic mass is 32.2. The van der Waals surface area contributed by atoms with E-state index in [-0.39, 0.29) is 19.6 Å². The van der Waals surface area contributed by atoms with Crippen molar-refractivity contribution in [2.24, 2.45) is 0 Å². The quantitative estimate of drug-likeness (QED) is 0.531. The monoisotopic (exact) mass is 407 g/mol. The van der Waals surface area contributed by atoms with Crippen LogP contribution >= 0.6 is 0 Å². The van der Waals surface area contributed by atoms with E-state index in [1.54, 1.807) is 26.0 Å². The van der Waals surface area contributed by atoms with Crippen molar-refractivity contribution in [3.05, 3.63) is 29.3 Å². The van der Waals surface area contributed by atoms with E-state index in [0.717, 1.165) is 17.4 Å². The number of benzene rings is 1. The van der Waals surface area contributed by atoms with Gasteiger partial charge in [0.15, 0.2) is 14.6 Å². The number of esters is 1. The fraction of sp³-hybridized carbons (Fsp3) is 0.500. The highest BCUT2D eigenvalue weighted by molar-refractivity contribution is 7.92. The summed E-state index contributed by atoms with van der Waals surface area (Å²) < 4.78 is 33.1. The Bertz CT molecular complexity index is 943. The maximum atomic E-state index is 12.4. The van der Waals surface area contributed by atoms with Crippen LogP contribution in [0.25, 0.3) is 0 Å². The molecule has 8 heteroatoms. The zero-order chi connectivity index (χ0) is 21.1. The van der Waals surface area contributed by atoms with Gasteiger partial charge >= 0.3 is 12.1 Å². The Kier molecular flexibility index (Phi) is 6.40. The highest BCUT2D eigenvalue weighted by Gasteiger charge is 2.49. The first-order valence-corrected chi connectivity index (χ1v) is 10.8. The Labute approximate surface area is 165 Å². The van der Waals surface area contributed by atoms with Crippen molar-refractivity contribution in [2.75, 3.05) is 24.3 Å². The molecule has 1 fully saturated rings. The number of hydrogen-bond donors (Lipinski definition) is 0. The van der Waals surface area contributed by atoms with Crippen molar-refractivity contribution < 1.29 is 27.5 Å². The van der Waals surface area contributed by atoms with Gasteiger partial charge in [-0.15, -0.1) is 5.92 Å². The van der Waals surface area contributed by atoms with E-state index in [0.29, 0.717) is 5.69 Å². The number of rotatable bonds is 6. The number of sulfone groups is 1. The minimum Gasteiger partial charge on any atom is -0.465 e. The van der Waals surface area contributed by atoms with Crippen LogP contribution < -0.4 is 4.90 Å². The van der Waals surface area contributed by atoms with Crippen LogP contribution in [-0.4, -0.2) is 50.7 Å². The molecule has 0 aromatic heterocycles. The van der Waals surface area contributed by atoms with E-state index in [9.17, 15) is 18.0 Å². The van der Waals surface area contributed by atoms with Gasteiger partial charge in [-0.25, -0.2) is 13.2 Å². The lowest BCUT2D eigenvalue weighted by Crippen LogP contribution is -2.47. The minimum absolute atomic E-state index is 0.0622. The highest BCUT2D eigenvalue weighted by Crippen LogP contribution is 2.32. The van der Waals surface area contributed by atoms with Crippen molar-refractivity contribution in [2.45, 2.75) is 45.0 Å². The molecule has 0 bridgehead atoms. The number of anilines is 1. The fourth-order valence-corrected chi connectivity index (χ4v) is 3.96. The summed E-state index contributed by atoms with van der Waals surface area (Å²) in [4.78, 5) is 26.1. The van der Waals surface area contributed by atoms with Crippen LogP contribution in [-0.2, 0) is 24.1 Å². The molecule has 0 spiro atoms. The van der Waals surface area contributed by atoms with Gasteiger partial charge in [0.25, 0.3) is 0 Å². The Hall–Kier alpha value is -2.53. The predicted octanol–water partition coefficient (Wildman–Crippen LogP) is 2.45. The second kappa shape index (κ2) is 8.23. The molecule has 0 saturated carbocycles. The van der Waals surface area contributed by atoms with Gasteiger partial charge in [-0.3, -0.25) is 9.69 Å². The lowest BCUT2D eigenvalue weighted by molar-refractivity contribution is -0.146. The number of aryl methyl sites for hydroxylation is 1. The number of carbonyl (C=O) groups excluding carboxylic acids is 2. The SMILES string of the molecule is CC#Cc1ccc(N2C[C@H](C[C@](C)(C(=O)OCC)S(C)(=O)=O)OC2=O)c(C)c1. The third-order valence-corrected chi connectivity index (χ3v) is 6.74. The summed E-state index contributed by atoms with van der Waals surface area (Å²) in [5.41, 5.74) is 2.33. The van der Waals surface area contributed by atoms with Crippen LogP contribution in [0.4, 0.5) is 10.5 Å². The summed E-state index contributed by atoms with van der Waals surface area (Å²) in [6.45, 7) is 6.72. The van der Waals surface area contributed by atoms with Crippen LogP contribution in [0.15, 0.2) is 18.2 Å². The number of nitrogens with zero attached hydrogens (tertiary/aromatic N) is 1. The van der Waals surface area contributed by atoms with Gasteiger partial charge < -0.3 is 9.47 Å². The lowest BCUT2D eigenvalue weighted by Gasteiger charge is -2.27. The summed E-state index contributed by atoms with van der Waals surface area (Å²) in [7, 11) is -3.79. The van der Waals surface area contributed by atoms with Crippen molar-refractivity contribution in [3.63, 3.8) is 0 Å². The Balaban J connectivity index is 2.26. The molecule has 1 aromatic rings. The topological polar surface area (TPSA) is 90.0 Å². The molecule has 1 aromatic carbocycles. The standard InChI is InChI=1S/C20H25NO6S/c1-6-8-15-9-10-17(14(3)11-15)21-13-16(27-19(21)23)12-20(4,28(5,24)25)18(22)26-7-2/h9-11,16H,7,12-13H2,1-5H3/t16-,20+/m0/s1. The molecule has 1 saturated heterocycles. The van der Waals surface area contributed by atoms with Crippen molar-refractivity contribution in [3.8, 4) is 11.8 Å². The number of amides is 1. The van der Waals surface area contributed by atoms with E-state index in [4.69, 9.17) is 9.47 Å². The molecule has 28 heavy (non-hydrogen) atoms. The second-order valence-electron chi connectivity index (χ2n) is 6.92. The summed E-state index contributed by atoms with van der Waals surface area (Å²) >= 11 is 0. The van der Waals surface area contributed by atoms with Gasteiger partial charge in [-0.1, -0.05) is 5.92 Å². The fourth-order valence-electron chi connectivity index (χ4n) is 3.11. The van der Waals surface area contributed by atoms with E-state index in [2.05, 4.69) is 11.8 Å². The normalized spacial score (nSPS) is 18.7. The largest absolute Gasteiger partial charge is 0.465 e. The Morgan fingerprint density at radius 2 is 2.11 bits per heavy atom. The smallest absolute Gasteiger partial charge is 0.414 e. The van der Waals surface area contributed by atoms with Crippen molar-refractivity contribution >= 4 is 27.6 Å². The first kappa shape index (κ1) is 21.8. The molecule has 1 aliphatic heterocycles. The van der Waals surface area contributed by atoms with Crippen molar-refractivity contribution in [1.82, 2.24) is 0 Å². The molecule has 0 unspecified atom stereocenters. The van der Waals surface area contributed by atoms with E-state index in [1.165, 1.54) is 11.8 Å². The first-order chi connectivity index (χ1) is 13.0. The summed E-state index contributed by atoms with van der Waals surface area (Å²) in [6, 6.07) is 5.45. The van der Waals surface area contributed by atoms with Gasteiger partial charge in [-0.2, -0.15) is 0 Å². The Morgan fingerprint density at radius 1 is 1.43 bits per heavy atom. The van der Waals surface area contributed by atoms with Crippen LogP contribution in [0.5, 0.6) is 0 Å². The molecule has 7 nitrogen and oxygen atoms in total. The van der Waals surface area contributed by atoms with E-state index < -0.39 is 32.8 Å². The molecule has 0 aliphatic carbocycles. The predicted molar refractivity (Wildman–Crippen MR) is 106 cm³/mol. The second-order valence-corrected chi connectivity index (χ2v) is 9.37. The molecule has 152 valence electrons. The average Bonchev–Trinajstić information content (AvgIpc) is 2.94. The van der Waals surface area contributed by atoms with Gasteiger partial charge in [0.05, 0.1) is 18.8 Å². The number of hydrogen-bond acceptors (Lipinski definition) is 6. The third kappa shape index (κ3) is 4.30. The molecular formula is C20H25NO6S. The van der Waals surface area contributed by atoms with Crippen LogP contribution in [0, 0.1) is 18.8 Å². The minimum atomic E-state index is -3.79. The van der Waals surface area contributed by atoms with E-state index >= 15 is 0 Å². The zero-order valence-corrected chi connectivity index (χ0v) is 17.6. The van der Waals surface area contributed by atoms with Gasteiger partial charge in [-0.05, 0) is 51.5 Å². The maximum Gasteiger partial charge on any atom is 0.414 e. The van der Waals surface area contributed by atoms with Crippen LogP contribution in [0.1, 0.15) is 38.3 Å². The number of carbonyl (C=O) groups is 2. The van der Waals surface area contributed by atoms with Gasteiger partial charge in [0.1, 0.15) is 6.10 Å². The summed E-state index contributed by atoms with van der Waals surface area (Å²) in [5.74, 6) is 4.93. The zero-order valence-electron chi connectivity index (χ0n) is 16.7. The molecular weight excluding hydrogens is 382 g/mol. The molecule has 0 radical (unpaired) electrons. The van der Waals surface area contributed by atoms with Gasteiger partial charge in [0, 0.05) is 18.2 Å². The molecule has 1 amide bonds. The third-order valence-electron chi connectivity index (χ3n) is 4.77. The summed E-state index contributed by atoms with van der Waals surface area (Å²) in [5, 5.41) is 0. The number of cyclic esters (lactones) is 1. The molecule has 0 N–H and O–H groups in total.